The summed E-state index contributed by atoms with van der Waals surface area (Å²) in [5, 5.41) is 3.81. The smallest absolute Gasteiger partial charge is 0.00694 e. The summed E-state index contributed by atoms with van der Waals surface area (Å²) in [4.78, 5) is 0. The van der Waals surface area contributed by atoms with Gasteiger partial charge in [0.1, 0.15) is 0 Å². The van der Waals surface area contributed by atoms with Gasteiger partial charge in [0.05, 0.1) is 0 Å². The van der Waals surface area contributed by atoms with E-state index in [4.69, 9.17) is 0 Å². The van der Waals surface area contributed by atoms with Crippen LogP contribution in [0.1, 0.15) is 78.6 Å². The van der Waals surface area contributed by atoms with E-state index >= 15 is 0 Å². The Bertz CT molecular complexity index is 159. The van der Waals surface area contributed by atoms with E-state index in [9.17, 15) is 0 Å². The first-order valence-electron chi connectivity index (χ1n) is 7.50. The number of hydrogen-bond acceptors (Lipinski definition) is 1. The molecule has 0 aromatic heterocycles. The maximum Gasteiger partial charge on any atom is 0.00694 e. The fourth-order valence-electron chi connectivity index (χ4n) is 2.99. The molecule has 0 bridgehead atoms. The zero-order valence-corrected chi connectivity index (χ0v) is 11.6. The van der Waals surface area contributed by atoms with Crippen molar-refractivity contribution in [3.05, 3.63) is 0 Å². The molecule has 0 amide bonds. The van der Waals surface area contributed by atoms with Crippen LogP contribution >= 0.6 is 0 Å². The van der Waals surface area contributed by atoms with Gasteiger partial charge in [-0.15, -0.1) is 0 Å². The maximum absolute atomic E-state index is 3.81. The Balaban J connectivity index is 2.23. The molecule has 1 N–H and O–H groups in total. The zero-order valence-electron chi connectivity index (χ0n) is 11.6. The number of hydrogen-bond donors (Lipinski definition) is 1. The summed E-state index contributed by atoms with van der Waals surface area (Å²) < 4.78 is 0. The lowest BCUT2D eigenvalue weighted by atomic mass is 9.92. The van der Waals surface area contributed by atoms with Gasteiger partial charge in [0.15, 0.2) is 0 Å². The van der Waals surface area contributed by atoms with Gasteiger partial charge < -0.3 is 5.32 Å². The molecule has 1 saturated carbocycles. The summed E-state index contributed by atoms with van der Waals surface area (Å²) >= 11 is 0. The van der Waals surface area contributed by atoms with Crippen molar-refractivity contribution in [2.24, 2.45) is 5.92 Å². The molecule has 0 saturated heterocycles. The summed E-state index contributed by atoms with van der Waals surface area (Å²) in [6.45, 7) is 7.03. The van der Waals surface area contributed by atoms with Crippen molar-refractivity contribution in [2.45, 2.75) is 90.6 Å². The molecule has 1 nitrogen and oxygen atoms in total. The lowest BCUT2D eigenvalue weighted by Crippen LogP contribution is -2.39. The highest BCUT2D eigenvalue weighted by atomic mass is 14.9. The molecular weight excluding hydrogens is 194 g/mol. The van der Waals surface area contributed by atoms with Gasteiger partial charge in [-0.3, -0.25) is 0 Å². The van der Waals surface area contributed by atoms with Crippen LogP contribution in [0.4, 0.5) is 0 Å². The van der Waals surface area contributed by atoms with Gasteiger partial charge in [-0.2, -0.15) is 0 Å². The minimum absolute atomic E-state index is 0.707. The Morgan fingerprint density at radius 3 is 2.25 bits per heavy atom. The van der Waals surface area contributed by atoms with E-state index in [1.165, 1.54) is 57.8 Å². The average molecular weight is 225 g/mol. The largest absolute Gasteiger partial charge is 0.312 e. The van der Waals surface area contributed by atoms with Gasteiger partial charge in [-0.1, -0.05) is 45.4 Å². The molecule has 1 rings (SSSR count). The molecule has 0 spiro atoms. The normalized spacial score (nSPS) is 22.7. The fourth-order valence-corrected chi connectivity index (χ4v) is 2.99. The summed E-state index contributed by atoms with van der Waals surface area (Å²) in [5.74, 6) is 0.937. The van der Waals surface area contributed by atoms with Crippen molar-refractivity contribution in [1.29, 1.82) is 0 Å². The highest BCUT2D eigenvalue weighted by molar-refractivity contribution is 4.77. The van der Waals surface area contributed by atoms with Crippen LogP contribution in [-0.4, -0.2) is 12.1 Å². The van der Waals surface area contributed by atoms with Crippen LogP contribution < -0.4 is 5.32 Å². The van der Waals surface area contributed by atoms with E-state index in [2.05, 4.69) is 26.1 Å². The van der Waals surface area contributed by atoms with E-state index in [1.54, 1.807) is 0 Å². The molecule has 0 heterocycles. The molecule has 16 heavy (non-hydrogen) atoms. The van der Waals surface area contributed by atoms with Crippen molar-refractivity contribution in [1.82, 2.24) is 5.32 Å². The minimum atomic E-state index is 0.707. The number of nitrogens with one attached hydrogen (secondary N) is 1. The van der Waals surface area contributed by atoms with E-state index in [-0.39, 0.29) is 0 Å². The average Bonchev–Trinajstić information content (AvgIpc) is 2.54. The first kappa shape index (κ1) is 14.0. The van der Waals surface area contributed by atoms with Gasteiger partial charge in [0.2, 0.25) is 0 Å². The van der Waals surface area contributed by atoms with Crippen LogP contribution in [0.2, 0.25) is 0 Å². The van der Waals surface area contributed by atoms with Gasteiger partial charge in [0, 0.05) is 12.1 Å². The van der Waals surface area contributed by atoms with Crippen molar-refractivity contribution < 1.29 is 0 Å². The Kier molecular flexibility index (Phi) is 7.11. The summed E-state index contributed by atoms with van der Waals surface area (Å²) in [5.41, 5.74) is 0. The number of rotatable bonds is 6. The van der Waals surface area contributed by atoms with E-state index in [0.29, 0.717) is 6.04 Å². The highest BCUT2D eigenvalue weighted by Gasteiger charge is 2.19. The molecule has 0 radical (unpaired) electrons. The first-order chi connectivity index (χ1) is 7.74. The molecule has 96 valence electrons. The van der Waals surface area contributed by atoms with Crippen molar-refractivity contribution in [3.8, 4) is 0 Å². The lowest BCUT2D eigenvalue weighted by Gasteiger charge is -2.27. The monoisotopic (exact) mass is 225 g/mol. The summed E-state index contributed by atoms with van der Waals surface area (Å²) in [6, 6.07) is 1.43. The molecule has 0 aliphatic heterocycles. The second kappa shape index (κ2) is 8.11. The van der Waals surface area contributed by atoms with Crippen LogP contribution in [0.5, 0.6) is 0 Å². The fraction of sp³-hybridized carbons (Fsp3) is 1.00. The van der Waals surface area contributed by atoms with Crippen molar-refractivity contribution >= 4 is 0 Å². The van der Waals surface area contributed by atoms with Crippen LogP contribution in [0.25, 0.3) is 0 Å². The highest BCUT2D eigenvalue weighted by Crippen LogP contribution is 2.25. The molecule has 1 unspecified atom stereocenters. The Hall–Kier alpha value is -0.0400. The quantitative estimate of drug-likeness (QED) is 0.656. The summed E-state index contributed by atoms with van der Waals surface area (Å²) in [6.07, 6.45) is 12.8. The molecule has 2 atom stereocenters. The van der Waals surface area contributed by atoms with Crippen LogP contribution in [0.3, 0.4) is 0 Å². The third-order valence-corrected chi connectivity index (χ3v) is 4.15. The molecule has 0 aromatic carbocycles. The Morgan fingerprint density at radius 1 is 1.06 bits per heavy atom. The minimum Gasteiger partial charge on any atom is -0.312 e. The molecule has 1 fully saturated rings. The predicted octanol–water partition coefficient (Wildman–Crippen LogP) is 4.51. The molecule has 1 aliphatic carbocycles. The maximum atomic E-state index is 3.81. The molecular formula is C15H31N. The standard InChI is InChI=1S/C15H31N/c1-4-5-10-13(2)16-14(3)15-11-8-6-7-9-12-15/h13-16H,4-12H2,1-3H3/t13?,14-/m1/s1. The van der Waals surface area contributed by atoms with Crippen LogP contribution in [-0.2, 0) is 0 Å². The van der Waals surface area contributed by atoms with Crippen LogP contribution in [0.15, 0.2) is 0 Å². The van der Waals surface area contributed by atoms with E-state index < -0.39 is 0 Å². The van der Waals surface area contributed by atoms with Gasteiger partial charge >= 0.3 is 0 Å². The van der Waals surface area contributed by atoms with E-state index in [0.717, 1.165) is 12.0 Å². The summed E-state index contributed by atoms with van der Waals surface area (Å²) in [7, 11) is 0. The van der Waals surface area contributed by atoms with Gasteiger partial charge in [-0.05, 0) is 39.0 Å². The second-order valence-electron chi connectivity index (χ2n) is 5.75. The topological polar surface area (TPSA) is 12.0 Å². The van der Waals surface area contributed by atoms with Crippen molar-refractivity contribution in [2.75, 3.05) is 0 Å². The van der Waals surface area contributed by atoms with Gasteiger partial charge in [-0.25, -0.2) is 0 Å². The van der Waals surface area contributed by atoms with Crippen LogP contribution in [0, 0.1) is 5.92 Å². The SMILES string of the molecule is CCCCC(C)N[C@H](C)C1CCCCCC1. The molecule has 0 aromatic rings. The third kappa shape index (κ3) is 5.34. The third-order valence-electron chi connectivity index (χ3n) is 4.15. The lowest BCUT2D eigenvalue weighted by molar-refractivity contribution is 0.307. The first-order valence-corrected chi connectivity index (χ1v) is 7.50. The Labute approximate surface area is 102 Å². The zero-order chi connectivity index (χ0) is 11.8. The number of unbranched alkanes of at least 4 members (excludes halogenated alkanes) is 1. The molecule has 1 heteroatoms. The van der Waals surface area contributed by atoms with Gasteiger partial charge in [0.25, 0.3) is 0 Å². The second-order valence-corrected chi connectivity index (χ2v) is 5.75. The van der Waals surface area contributed by atoms with Crippen molar-refractivity contribution in [3.63, 3.8) is 0 Å². The van der Waals surface area contributed by atoms with E-state index in [1.807, 2.05) is 0 Å². The Morgan fingerprint density at radius 2 is 1.69 bits per heavy atom. The molecule has 1 aliphatic rings. The predicted molar refractivity (Wildman–Crippen MR) is 72.8 cm³/mol.